The lowest BCUT2D eigenvalue weighted by Gasteiger charge is -2.14. The molecular formula is C14H16BrNO4. The van der Waals surface area contributed by atoms with Gasteiger partial charge in [-0.3, -0.25) is 9.59 Å². The van der Waals surface area contributed by atoms with Crippen molar-refractivity contribution in [2.45, 2.75) is 32.8 Å². The van der Waals surface area contributed by atoms with Crippen molar-refractivity contribution in [3.63, 3.8) is 0 Å². The highest BCUT2D eigenvalue weighted by Gasteiger charge is 2.57. The third kappa shape index (κ3) is 3.12. The molecule has 1 amide bonds. The van der Waals surface area contributed by atoms with E-state index in [2.05, 4.69) is 21.2 Å². The van der Waals surface area contributed by atoms with Crippen molar-refractivity contribution in [3.8, 4) is 5.75 Å². The molecule has 1 saturated carbocycles. The first-order chi connectivity index (χ1) is 9.33. The molecule has 1 aromatic rings. The van der Waals surface area contributed by atoms with Crippen LogP contribution < -0.4 is 10.1 Å². The zero-order chi connectivity index (χ0) is 14.9. The van der Waals surface area contributed by atoms with Gasteiger partial charge >= 0.3 is 5.97 Å². The Morgan fingerprint density at radius 3 is 2.50 bits per heavy atom. The Balaban J connectivity index is 2.15. The number of hydrogen-bond donors (Lipinski definition) is 2. The van der Waals surface area contributed by atoms with Crippen LogP contribution in [0.4, 0.5) is 5.69 Å². The molecule has 2 N–H and O–H groups in total. The summed E-state index contributed by atoms with van der Waals surface area (Å²) in [5.41, 5.74) is -0.728. The molecule has 0 spiro atoms. The van der Waals surface area contributed by atoms with Gasteiger partial charge in [-0.05, 0) is 38.8 Å². The largest absolute Gasteiger partial charge is 0.491 e. The van der Waals surface area contributed by atoms with Crippen LogP contribution in [0.5, 0.6) is 5.75 Å². The Kier molecular flexibility index (Phi) is 4.04. The molecule has 0 heterocycles. The molecule has 108 valence electrons. The van der Waals surface area contributed by atoms with E-state index in [-0.39, 0.29) is 6.10 Å². The highest BCUT2D eigenvalue weighted by molar-refractivity contribution is 9.10. The van der Waals surface area contributed by atoms with Crippen LogP contribution in [-0.2, 0) is 9.59 Å². The van der Waals surface area contributed by atoms with Crippen LogP contribution in [0.25, 0.3) is 0 Å². The van der Waals surface area contributed by atoms with Gasteiger partial charge in [0.1, 0.15) is 11.2 Å². The van der Waals surface area contributed by atoms with E-state index < -0.39 is 17.3 Å². The van der Waals surface area contributed by atoms with Crippen molar-refractivity contribution in [2.75, 3.05) is 5.32 Å². The molecule has 1 aliphatic rings. The minimum absolute atomic E-state index is 0.0154. The molecule has 2 rings (SSSR count). The first kappa shape index (κ1) is 14.8. The molecule has 0 bridgehead atoms. The van der Waals surface area contributed by atoms with E-state index in [0.29, 0.717) is 24.3 Å². The molecule has 6 heteroatoms. The average molecular weight is 342 g/mol. The fourth-order valence-electron chi connectivity index (χ4n) is 1.89. The van der Waals surface area contributed by atoms with E-state index in [1.807, 2.05) is 13.8 Å². The van der Waals surface area contributed by atoms with Gasteiger partial charge in [0.2, 0.25) is 5.91 Å². The van der Waals surface area contributed by atoms with E-state index in [0.717, 1.165) is 4.47 Å². The minimum atomic E-state index is -1.25. The summed E-state index contributed by atoms with van der Waals surface area (Å²) >= 11 is 3.34. The van der Waals surface area contributed by atoms with E-state index in [1.54, 1.807) is 18.2 Å². The second-order valence-electron chi connectivity index (χ2n) is 5.18. The number of carbonyl (C=O) groups is 2. The first-order valence-corrected chi connectivity index (χ1v) is 7.15. The number of nitrogens with one attached hydrogen (secondary N) is 1. The van der Waals surface area contributed by atoms with E-state index >= 15 is 0 Å². The van der Waals surface area contributed by atoms with Crippen molar-refractivity contribution in [1.82, 2.24) is 0 Å². The van der Waals surface area contributed by atoms with E-state index in [9.17, 15) is 9.59 Å². The summed E-state index contributed by atoms with van der Waals surface area (Å²) in [6, 6.07) is 5.18. The zero-order valence-corrected chi connectivity index (χ0v) is 12.9. The van der Waals surface area contributed by atoms with Crippen LogP contribution in [-0.4, -0.2) is 23.1 Å². The molecular weight excluding hydrogens is 326 g/mol. The number of ether oxygens (including phenoxy) is 1. The number of amides is 1. The summed E-state index contributed by atoms with van der Waals surface area (Å²) in [4.78, 5) is 23.1. The Hall–Kier alpha value is -1.56. The molecule has 0 aromatic heterocycles. The lowest BCUT2D eigenvalue weighted by atomic mass is 10.1. The maximum Gasteiger partial charge on any atom is 0.319 e. The molecule has 5 nitrogen and oxygen atoms in total. The Labute approximate surface area is 125 Å². The molecule has 0 radical (unpaired) electrons. The third-order valence-electron chi connectivity index (χ3n) is 3.09. The normalized spacial score (nSPS) is 15.8. The predicted octanol–water partition coefficient (Wildman–Crippen LogP) is 3.04. The number of halogens is 1. The smallest absolute Gasteiger partial charge is 0.319 e. The summed E-state index contributed by atoms with van der Waals surface area (Å²) < 4.78 is 6.32. The molecule has 20 heavy (non-hydrogen) atoms. The second kappa shape index (κ2) is 5.44. The van der Waals surface area contributed by atoms with Crippen molar-refractivity contribution < 1.29 is 19.4 Å². The van der Waals surface area contributed by atoms with Crippen LogP contribution in [0.3, 0.4) is 0 Å². The zero-order valence-electron chi connectivity index (χ0n) is 11.3. The maximum atomic E-state index is 12.0. The average Bonchev–Trinajstić information content (AvgIpc) is 3.07. The quantitative estimate of drug-likeness (QED) is 0.807. The monoisotopic (exact) mass is 341 g/mol. The molecule has 1 aliphatic carbocycles. The van der Waals surface area contributed by atoms with Crippen LogP contribution in [0.2, 0.25) is 0 Å². The number of anilines is 1. The van der Waals surface area contributed by atoms with Crippen LogP contribution >= 0.6 is 15.9 Å². The number of carbonyl (C=O) groups excluding carboxylic acids is 1. The van der Waals surface area contributed by atoms with Gasteiger partial charge in [0.15, 0.2) is 0 Å². The van der Waals surface area contributed by atoms with Crippen molar-refractivity contribution >= 4 is 33.5 Å². The van der Waals surface area contributed by atoms with Crippen LogP contribution in [0.15, 0.2) is 22.7 Å². The molecule has 1 aromatic carbocycles. The Morgan fingerprint density at radius 1 is 1.35 bits per heavy atom. The Bertz CT molecular complexity index is 552. The number of hydrogen-bond acceptors (Lipinski definition) is 3. The van der Waals surface area contributed by atoms with Gasteiger partial charge < -0.3 is 15.2 Å². The van der Waals surface area contributed by atoms with Gasteiger partial charge in [-0.15, -0.1) is 0 Å². The number of carboxylic acids is 1. The van der Waals surface area contributed by atoms with Gasteiger partial charge in [0.05, 0.1) is 6.10 Å². The fourth-order valence-corrected chi connectivity index (χ4v) is 2.36. The Morgan fingerprint density at radius 2 is 2.00 bits per heavy atom. The van der Waals surface area contributed by atoms with Crippen molar-refractivity contribution in [3.05, 3.63) is 22.7 Å². The highest BCUT2D eigenvalue weighted by atomic mass is 79.9. The topological polar surface area (TPSA) is 75.6 Å². The fraction of sp³-hybridized carbons (Fsp3) is 0.429. The van der Waals surface area contributed by atoms with Gasteiger partial charge in [-0.25, -0.2) is 0 Å². The van der Waals surface area contributed by atoms with Crippen molar-refractivity contribution in [2.24, 2.45) is 5.41 Å². The van der Waals surface area contributed by atoms with Gasteiger partial charge in [0, 0.05) is 16.2 Å². The number of carboxylic acid groups (broad SMARTS) is 1. The third-order valence-corrected chi connectivity index (χ3v) is 3.55. The molecule has 0 unspecified atom stereocenters. The SMILES string of the molecule is CC(C)Oc1cc(Br)cc(NC(=O)C2(C(=O)O)CC2)c1. The van der Waals surface area contributed by atoms with Crippen LogP contribution in [0.1, 0.15) is 26.7 Å². The number of benzene rings is 1. The summed E-state index contributed by atoms with van der Waals surface area (Å²) in [6.45, 7) is 3.81. The van der Waals surface area contributed by atoms with Gasteiger partial charge in [-0.1, -0.05) is 15.9 Å². The standard InChI is InChI=1S/C14H16BrNO4/c1-8(2)20-11-6-9(15)5-10(7-11)16-12(17)14(3-4-14)13(18)19/h5-8H,3-4H2,1-2H3,(H,16,17)(H,18,19). The maximum absolute atomic E-state index is 12.0. The van der Waals surface area contributed by atoms with E-state index in [1.165, 1.54) is 0 Å². The summed E-state index contributed by atoms with van der Waals surface area (Å²) in [5.74, 6) is -0.924. The number of aliphatic carboxylic acids is 1. The summed E-state index contributed by atoms with van der Waals surface area (Å²) in [6.07, 6.45) is 0.788. The number of rotatable bonds is 5. The molecule has 0 aliphatic heterocycles. The minimum Gasteiger partial charge on any atom is -0.491 e. The summed E-state index contributed by atoms with van der Waals surface area (Å²) in [7, 11) is 0. The van der Waals surface area contributed by atoms with Crippen molar-refractivity contribution in [1.29, 1.82) is 0 Å². The molecule has 1 fully saturated rings. The predicted molar refractivity (Wildman–Crippen MR) is 77.8 cm³/mol. The molecule has 0 saturated heterocycles. The van der Waals surface area contributed by atoms with E-state index in [4.69, 9.17) is 9.84 Å². The lowest BCUT2D eigenvalue weighted by Crippen LogP contribution is -2.31. The lowest BCUT2D eigenvalue weighted by molar-refractivity contribution is -0.147. The highest BCUT2D eigenvalue weighted by Crippen LogP contribution is 2.46. The summed E-state index contributed by atoms with van der Waals surface area (Å²) in [5, 5.41) is 11.7. The van der Waals surface area contributed by atoms with Gasteiger partial charge in [-0.2, -0.15) is 0 Å². The molecule has 0 atom stereocenters. The first-order valence-electron chi connectivity index (χ1n) is 6.35. The van der Waals surface area contributed by atoms with Gasteiger partial charge in [0.25, 0.3) is 0 Å². The second-order valence-corrected chi connectivity index (χ2v) is 6.10. The van der Waals surface area contributed by atoms with Crippen LogP contribution in [0, 0.1) is 5.41 Å².